The van der Waals surface area contributed by atoms with Gasteiger partial charge in [0, 0.05) is 30.9 Å². The largest absolute Gasteiger partial charge is 0.381 e. The summed E-state index contributed by atoms with van der Waals surface area (Å²) in [7, 11) is -3.60. The Morgan fingerprint density at radius 1 is 1.18 bits per heavy atom. The van der Waals surface area contributed by atoms with Gasteiger partial charge in [0.1, 0.15) is 0 Å². The molecular weight excluding hydrogens is 378 g/mol. The first kappa shape index (κ1) is 21.2. The smallest absolute Gasteiger partial charge is 0.240 e. The third kappa shape index (κ3) is 5.31. The zero-order valence-corrected chi connectivity index (χ0v) is 17.5. The van der Waals surface area contributed by atoms with E-state index in [1.165, 1.54) is 0 Å². The lowest BCUT2D eigenvalue weighted by atomic mass is 9.92. The van der Waals surface area contributed by atoms with Gasteiger partial charge in [0.15, 0.2) is 0 Å². The van der Waals surface area contributed by atoms with Crippen molar-refractivity contribution in [3.8, 4) is 0 Å². The number of piperidine rings is 1. The van der Waals surface area contributed by atoms with Gasteiger partial charge in [-0.3, -0.25) is 4.79 Å². The molecule has 156 valence electrons. The molecule has 0 aliphatic carbocycles. The molecule has 3 rings (SSSR count). The fraction of sp³-hybridized carbons (Fsp3) is 0.650. The summed E-state index contributed by atoms with van der Waals surface area (Å²) in [4.78, 5) is 12.7. The average molecular weight is 410 g/mol. The van der Waals surface area contributed by atoms with Gasteiger partial charge in [-0.05, 0) is 82.3 Å². The summed E-state index contributed by atoms with van der Waals surface area (Å²) in [5.74, 6) is 0.263. The maximum Gasteiger partial charge on any atom is 0.240 e. The van der Waals surface area contributed by atoms with Crippen LogP contribution in [0, 0.1) is 18.8 Å². The Labute approximate surface area is 167 Å². The molecule has 1 aromatic carbocycles. The van der Waals surface area contributed by atoms with E-state index < -0.39 is 10.0 Å². The van der Waals surface area contributed by atoms with Crippen LogP contribution in [0.1, 0.15) is 38.2 Å². The van der Waals surface area contributed by atoms with E-state index in [1.54, 1.807) is 18.2 Å². The third-order valence-corrected chi connectivity index (χ3v) is 7.35. The molecule has 2 saturated heterocycles. The zero-order chi connectivity index (χ0) is 20.1. The third-order valence-electron chi connectivity index (χ3n) is 5.79. The minimum absolute atomic E-state index is 0.0281. The van der Waals surface area contributed by atoms with Gasteiger partial charge in [0.25, 0.3) is 0 Å². The Morgan fingerprint density at radius 3 is 2.50 bits per heavy atom. The number of rotatable bonds is 6. The van der Waals surface area contributed by atoms with Crippen LogP contribution in [0.25, 0.3) is 0 Å². The summed E-state index contributed by atoms with van der Waals surface area (Å²) < 4.78 is 33.7. The molecule has 2 fully saturated rings. The molecule has 0 saturated carbocycles. The highest BCUT2D eigenvalue weighted by molar-refractivity contribution is 7.89. The predicted octanol–water partition coefficient (Wildman–Crippen LogP) is 2.03. The van der Waals surface area contributed by atoms with E-state index in [0.29, 0.717) is 24.8 Å². The highest BCUT2D eigenvalue weighted by Gasteiger charge is 2.26. The second-order valence-corrected chi connectivity index (χ2v) is 9.56. The van der Waals surface area contributed by atoms with Crippen LogP contribution in [0.4, 0.5) is 5.69 Å². The van der Waals surface area contributed by atoms with E-state index in [2.05, 4.69) is 15.4 Å². The summed E-state index contributed by atoms with van der Waals surface area (Å²) in [5.41, 5.74) is 1.39. The van der Waals surface area contributed by atoms with Crippen molar-refractivity contribution in [1.29, 1.82) is 0 Å². The van der Waals surface area contributed by atoms with Crippen LogP contribution in [0.2, 0.25) is 0 Å². The van der Waals surface area contributed by atoms with Gasteiger partial charge in [0.2, 0.25) is 15.9 Å². The lowest BCUT2D eigenvalue weighted by Crippen LogP contribution is -2.42. The molecule has 3 N–H and O–H groups in total. The van der Waals surface area contributed by atoms with Gasteiger partial charge in [-0.15, -0.1) is 0 Å². The van der Waals surface area contributed by atoms with Gasteiger partial charge >= 0.3 is 0 Å². The molecule has 0 bridgehead atoms. The van der Waals surface area contributed by atoms with Gasteiger partial charge < -0.3 is 15.4 Å². The van der Waals surface area contributed by atoms with E-state index in [0.717, 1.165) is 44.3 Å². The highest BCUT2D eigenvalue weighted by atomic mass is 32.2. The quantitative estimate of drug-likeness (QED) is 0.668. The van der Waals surface area contributed by atoms with E-state index in [-0.39, 0.29) is 22.8 Å². The molecule has 1 amide bonds. The van der Waals surface area contributed by atoms with Gasteiger partial charge in [-0.1, -0.05) is 0 Å². The van der Waals surface area contributed by atoms with E-state index >= 15 is 0 Å². The molecule has 7 nitrogen and oxygen atoms in total. The number of amides is 1. The second kappa shape index (κ2) is 9.35. The van der Waals surface area contributed by atoms with Crippen LogP contribution in [0.15, 0.2) is 23.1 Å². The van der Waals surface area contributed by atoms with Crippen LogP contribution in [-0.4, -0.2) is 46.7 Å². The van der Waals surface area contributed by atoms with Crippen molar-refractivity contribution >= 4 is 21.6 Å². The van der Waals surface area contributed by atoms with E-state index in [4.69, 9.17) is 4.74 Å². The molecule has 2 aliphatic rings. The average Bonchev–Trinajstić information content (AvgIpc) is 2.70. The highest BCUT2D eigenvalue weighted by Crippen LogP contribution is 2.24. The lowest BCUT2D eigenvalue weighted by Gasteiger charge is -2.28. The van der Waals surface area contributed by atoms with E-state index in [9.17, 15) is 13.2 Å². The van der Waals surface area contributed by atoms with Crippen molar-refractivity contribution in [2.45, 2.75) is 50.5 Å². The molecular formula is C20H31N3O4S. The first-order chi connectivity index (χ1) is 13.4. The van der Waals surface area contributed by atoms with Crippen LogP contribution >= 0.6 is 0 Å². The summed E-state index contributed by atoms with van der Waals surface area (Å²) in [6, 6.07) is 4.75. The lowest BCUT2D eigenvalue weighted by molar-refractivity contribution is -0.122. The fourth-order valence-electron chi connectivity index (χ4n) is 3.89. The number of ether oxygens (including phenoxy) is 1. The minimum Gasteiger partial charge on any atom is -0.381 e. The van der Waals surface area contributed by atoms with Crippen molar-refractivity contribution in [2.24, 2.45) is 11.8 Å². The Morgan fingerprint density at radius 2 is 1.86 bits per heavy atom. The summed E-state index contributed by atoms with van der Waals surface area (Å²) in [5, 5.41) is 6.23. The maximum atomic E-state index is 12.8. The Kier molecular flexibility index (Phi) is 7.09. The van der Waals surface area contributed by atoms with Crippen molar-refractivity contribution in [1.82, 2.24) is 10.0 Å². The molecule has 2 aliphatic heterocycles. The summed E-state index contributed by atoms with van der Waals surface area (Å²) in [6.45, 7) is 6.82. The van der Waals surface area contributed by atoms with Gasteiger partial charge in [-0.25, -0.2) is 13.1 Å². The molecule has 0 aromatic heterocycles. The molecule has 8 heteroatoms. The number of anilines is 1. The standard InChI is InChI=1S/C20H31N3O4S/c1-14-13-18(28(25,26)23-15(2)16-5-9-21-10-6-16)3-4-19(14)22-20(24)17-7-11-27-12-8-17/h3-4,13,15-17,21,23H,5-12H2,1-2H3,(H,22,24). The van der Waals surface area contributed by atoms with Gasteiger partial charge in [-0.2, -0.15) is 0 Å². The van der Waals surface area contributed by atoms with Crippen molar-refractivity contribution < 1.29 is 17.9 Å². The number of carbonyl (C=O) groups is 1. The van der Waals surface area contributed by atoms with Crippen LogP contribution < -0.4 is 15.4 Å². The van der Waals surface area contributed by atoms with Gasteiger partial charge in [0.05, 0.1) is 4.90 Å². The number of benzene rings is 1. The first-order valence-electron chi connectivity index (χ1n) is 10.1. The summed E-state index contributed by atoms with van der Waals surface area (Å²) >= 11 is 0. The van der Waals surface area contributed by atoms with Crippen molar-refractivity contribution in [2.75, 3.05) is 31.6 Å². The summed E-state index contributed by atoms with van der Waals surface area (Å²) in [6.07, 6.45) is 3.38. The first-order valence-corrected chi connectivity index (χ1v) is 11.6. The zero-order valence-electron chi connectivity index (χ0n) is 16.7. The molecule has 1 unspecified atom stereocenters. The number of carbonyl (C=O) groups excluding carboxylic acids is 1. The number of hydrogen-bond donors (Lipinski definition) is 3. The van der Waals surface area contributed by atoms with Crippen molar-refractivity contribution in [3.63, 3.8) is 0 Å². The fourth-order valence-corrected chi connectivity index (χ4v) is 5.29. The molecule has 2 heterocycles. The van der Waals surface area contributed by atoms with Crippen molar-refractivity contribution in [3.05, 3.63) is 23.8 Å². The molecule has 1 aromatic rings. The number of hydrogen-bond acceptors (Lipinski definition) is 5. The molecule has 1 atom stereocenters. The topological polar surface area (TPSA) is 96.5 Å². The Balaban J connectivity index is 1.65. The number of nitrogens with one attached hydrogen (secondary N) is 3. The van der Waals surface area contributed by atoms with E-state index in [1.807, 2.05) is 13.8 Å². The minimum atomic E-state index is -3.60. The normalized spacial score (nSPS) is 20.6. The number of aryl methyl sites for hydroxylation is 1. The SMILES string of the molecule is Cc1cc(S(=O)(=O)NC(C)C2CCNCC2)ccc1NC(=O)C1CCOCC1. The monoisotopic (exact) mass is 409 g/mol. The van der Waals surface area contributed by atoms with Crippen LogP contribution in [-0.2, 0) is 19.6 Å². The molecule has 0 spiro atoms. The maximum absolute atomic E-state index is 12.8. The van der Waals surface area contributed by atoms with Crippen LogP contribution in [0.5, 0.6) is 0 Å². The Hall–Kier alpha value is -1.48. The Bertz CT molecular complexity index is 785. The predicted molar refractivity (Wildman–Crippen MR) is 109 cm³/mol. The second-order valence-electron chi connectivity index (χ2n) is 7.85. The molecule has 28 heavy (non-hydrogen) atoms. The number of sulfonamides is 1. The van der Waals surface area contributed by atoms with Crippen LogP contribution in [0.3, 0.4) is 0 Å². The molecule has 0 radical (unpaired) electrons.